The molecule has 1 heterocycles. The first-order valence-corrected chi connectivity index (χ1v) is 7.33. The van der Waals surface area contributed by atoms with Gasteiger partial charge in [-0.05, 0) is 24.2 Å². The number of alkyl halides is 3. The zero-order chi connectivity index (χ0) is 15.3. The number of nitrogens with zero attached hydrogens (tertiary/aromatic N) is 1. The lowest BCUT2D eigenvalue weighted by molar-refractivity contribution is -0.274. The summed E-state index contributed by atoms with van der Waals surface area (Å²) in [4.78, 5) is 4.23. The smallest absolute Gasteiger partial charge is 0.406 e. The Morgan fingerprint density at radius 3 is 2.52 bits per heavy atom. The minimum absolute atomic E-state index is 0.0149. The third-order valence-corrected chi connectivity index (χ3v) is 3.63. The highest BCUT2D eigenvalue weighted by Gasteiger charge is 2.31. The number of rotatable bonds is 6. The molecule has 2 aromatic rings. The van der Waals surface area contributed by atoms with Crippen LogP contribution in [0.5, 0.6) is 5.75 Å². The number of nitrogens with one attached hydrogen (secondary N) is 1. The van der Waals surface area contributed by atoms with Crippen molar-refractivity contribution in [2.24, 2.45) is 0 Å². The van der Waals surface area contributed by atoms with Gasteiger partial charge < -0.3 is 10.1 Å². The third-order valence-electron chi connectivity index (χ3n) is 2.83. The lowest BCUT2D eigenvalue weighted by Gasteiger charge is -2.18. The number of likely N-dealkylation sites (N-methyl/N-ethyl adjacent to an activating group) is 1. The van der Waals surface area contributed by atoms with E-state index in [9.17, 15) is 13.2 Å². The molecule has 0 radical (unpaired) electrons. The summed E-state index contributed by atoms with van der Waals surface area (Å²) < 4.78 is 40.3. The fourth-order valence-corrected chi connectivity index (χ4v) is 2.65. The number of benzene rings is 1. The SMILES string of the molecule is CCNC(Cc1nccs1)c1ccc(OC(F)(F)F)cc1. The van der Waals surface area contributed by atoms with Crippen molar-refractivity contribution in [2.75, 3.05) is 6.54 Å². The second-order valence-corrected chi connectivity index (χ2v) is 5.34. The molecule has 0 spiro atoms. The van der Waals surface area contributed by atoms with Gasteiger partial charge in [0.05, 0.1) is 5.01 Å². The maximum atomic E-state index is 12.1. The summed E-state index contributed by atoms with van der Waals surface area (Å²) >= 11 is 1.56. The fourth-order valence-electron chi connectivity index (χ4n) is 1.98. The molecule has 7 heteroatoms. The van der Waals surface area contributed by atoms with Crippen molar-refractivity contribution in [3.8, 4) is 5.75 Å². The molecule has 0 aliphatic heterocycles. The summed E-state index contributed by atoms with van der Waals surface area (Å²) in [5, 5.41) is 6.19. The molecule has 0 saturated carbocycles. The van der Waals surface area contributed by atoms with Gasteiger partial charge in [-0.15, -0.1) is 24.5 Å². The molecule has 0 saturated heterocycles. The maximum Gasteiger partial charge on any atom is 0.573 e. The summed E-state index contributed by atoms with van der Waals surface area (Å²) in [5.74, 6) is -0.212. The lowest BCUT2D eigenvalue weighted by atomic mass is 10.0. The Balaban J connectivity index is 2.09. The molecule has 0 amide bonds. The van der Waals surface area contributed by atoms with E-state index in [4.69, 9.17) is 0 Å². The summed E-state index contributed by atoms with van der Waals surface area (Å²) in [5.41, 5.74) is 0.904. The van der Waals surface area contributed by atoms with E-state index in [1.807, 2.05) is 12.3 Å². The minimum Gasteiger partial charge on any atom is -0.406 e. The number of hydrogen-bond donors (Lipinski definition) is 1. The quantitative estimate of drug-likeness (QED) is 0.876. The van der Waals surface area contributed by atoms with E-state index >= 15 is 0 Å². The molecule has 1 atom stereocenters. The Bertz CT molecular complexity index is 540. The van der Waals surface area contributed by atoms with Gasteiger partial charge in [0.15, 0.2) is 0 Å². The number of thiazole rings is 1. The number of halogens is 3. The molecular formula is C14H15F3N2OS. The van der Waals surface area contributed by atoms with E-state index < -0.39 is 6.36 Å². The minimum atomic E-state index is -4.66. The van der Waals surface area contributed by atoms with Crippen molar-refractivity contribution in [3.05, 3.63) is 46.4 Å². The van der Waals surface area contributed by atoms with E-state index in [-0.39, 0.29) is 11.8 Å². The molecule has 1 aromatic carbocycles. The standard InChI is InChI=1S/C14H15F3N2OS/c1-2-18-12(9-13-19-7-8-21-13)10-3-5-11(6-4-10)20-14(15,16)17/h3-8,12,18H,2,9H2,1H3. The van der Waals surface area contributed by atoms with E-state index in [0.29, 0.717) is 6.42 Å². The predicted molar refractivity (Wildman–Crippen MR) is 75.4 cm³/mol. The van der Waals surface area contributed by atoms with Crippen molar-refractivity contribution in [3.63, 3.8) is 0 Å². The monoisotopic (exact) mass is 316 g/mol. The molecule has 0 aliphatic carbocycles. The van der Waals surface area contributed by atoms with Crippen molar-refractivity contribution in [1.82, 2.24) is 10.3 Å². The summed E-state index contributed by atoms with van der Waals surface area (Å²) in [7, 11) is 0. The van der Waals surface area contributed by atoms with Crippen LogP contribution < -0.4 is 10.1 Å². The van der Waals surface area contributed by atoms with Gasteiger partial charge in [0.1, 0.15) is 5.75 Å². The molecule has 3 nitrogen and oxygen atoms in total. The van der Waals surface area contributed by atoms with Crippen molar-refractivity contribution in [1.29, 1.82) is 0 Å². The second kappa shape index (κ2) is 6.91. The lowest BCUT2D eigenvalue weighted by Crippen LogP contribution is -2.23. The van der Waals surface area contributed by atoms with Crippen LogP contribution in [0.2, 0.25) is 0 Å². The Kier molecular flexibility index (Phi) is 5.19. The van der Waals surface area contributed by atoms with Gasteiger partial charge in [0.2, 0.25) is 0 Å². The zero-order valence-corrected chi connectivity index (χ0v) is 12.2. The van der Waals surface area contributed by atoms with Crippen LogP contribution in [-0.4, -0.2) is 17.9 Å². The van der Waals surface area contributed by atoms with Crippen LogP contribution in [0.3, 0.4) is 0 Å². The molecule has 0 bridgehead atoms. The van der Waals surface area contributed by atoms with Crippen molar-refractivity contribution >= 4 is 11.3 Å². The Hall–Kier alpha value is -1.60. The largest absolute Gasteiger partial charge is 0.573 e. The Morgan fingerprint density at radius 2 is 2.00 bits per heavy atom. The fraction of sp³-hybridized carbons (Fsp3) is 0.357. The van der Waals surface area contributed by atoms with Crippen LogP contribution in [-0.2, 0) is 6.42 Å². The molecule has 1 unspecified atom stereocenters. The third kappa shape index (κ3) is 5.02. The number of ether oxygens (including phenoxy) is 1. The summed E-state index contributed by atoms with van der Waals surface area (Å²) in [6.45, 7) is 2.74. The van der Waals surface area contributed by atoms with Crippen LogP contribution in [0.4, 0.5) is 13.2 Å². The summed E-state index contributed by atoms with van der Waals surface area (Å²) in [6, 6.07) is 5.95. The van der Waals surface area contributed by atoms with E-state index in [1.165, 1.54) is 12.1 Å². The average molecular weight is 316 g/mol. The van der Waals surface area contributed by atoms with Gasteiger partial charge >= 0.3 is 6.36 Å². The van der Waals surface area contributed by atoms with Crippen LogP contribution in [0, 0.1) is 0 Å². The van der Waals surface area contributed by atoms with Crippen LogP contribution in [0.25, 0.3) is 0 Å². The molecule has 0 aliphatic rings. The van der Waals surface area contributed by atoms with E-state index in [2.05, 4.69) is 15.0 Å². The van der Waals surface area contributed by atoms with E-state index in [1.54, 1.807) is 29.7 Å². The predicted octanol–water partition coefficient (Wildman–Crippen LogP) is 3.94. The molecular weight excluding hydrogens is 301 g/mol. The Morgan fingerprint density at radius 1 is 1.29 bits per heavy atom. The molecule has 1 aromatic heterocycles. The van der Waals surface area contributed by atoms with Gasteiger partial charge in [-0.2, -0.15) is 0 Å². The summed E-state index contributed by atoms with van der Waals surface area (Å²) in [6.07, 6.45) is -2.22. The highest BCUT2D eigenvalue weighted by Crippen LogP contribution is 2.26. The first kappa shape index (κ1) is 15.8. The molecule has 1 N–H and O–H groups in total. The maximum absolute atomic E-state index is 12.1. The molecule has 21 heavy (non-hydrogen) atoms. The van der Waals surface area contributed by atoms with Gasteiger partial charge in [-0.25, -0.2) is 4.98 Å². The van der Waals surface area contributed by atoms with Gasteiger partial charge in [0, 0.05) is 24.0 Å². The first-order chi connectivity index (χ1) is 9.98. The van der Waals surface area contributed by atoms with Gasteiger partial charge in [-0.1, -0.05) is 19.1 Å². The normalized spacial score (nSPS) is 13.1. The highest BCUT2D eigenvalue weighted by molar-refractivity contribution is 7.09. The topological polar surface area (TPSA) is 34.2 Å². The average Bonchev–Trinajstić information content (AvgIpc) is 2.90. The number of hydrogen-bond acceptors (Lipinski definition) is 4. The van der Waals surface area contributed by atoms with Gasteiger partial charge in [0.25, 0.3) is 0 Å². The Labute approximate surface area is 124 Å². The molecule has 2 rings (SSSR count). The highest BCUT2D eigenvalue weighted by atomic mass is 32.1. The first-order valence-electron chi connectivity index (χ1n) is 6.45. The van der Waals surface area contributed by atoms with Crippen LogP contribution in [0.15, 0.2) is 35.8 Å². The van der Waals surface area contributed by atoms with Crippen LogP contribution >= 0.6 is 11.3 Å². The zero-order valence-electron chi connectivity index (χ0n) is 11.4. The van der Waals surface area contributed by atoms with Crippen molar-refractivity contribution in [2.45, 2.75) is 25.7 Å². The van der Waals surface area contributed by atoms with Crippen LogP contribution in [0.1, 0.15) is 23.5 Å². The van der Waals surface area contributed by atoms with Gasteiger partial charge in [-0.3, -0.25) is 0 Å². The van der Waals surface area contributed by atoms with Crippen molar-refractivity contribution < 1.29 is 17.9 Å². The second-order valence-electron chi connectivity index (χ2n) is 4.36. The number of aromatic nitrogens is 1. The van der Waals surface area contributed by atoms with E-state index in [0.717, 1.165) is 17.1 Å². The molecule has 0 fully saturated rings. The molecule has 114 valence electrons.